The lowest BCUT2D eigenvalue weighted by Gasteiger charge is -2.25. The quantitative estimate of drug-likeness (QED) is 0.707. The zero-order chi connectivity index (χ0) is 19.7. The van der Waals surface area contributed by atoms with Crippen LogP contribution in [0.2, 0.25) is 0 Å². The summed E-state index contributed by atoms with van der Waals surface area (Å²) in [5.74, 6) is -1.12. The van der Waals surface area contributed by atoms with Crippen molar-refractivity contribution in [2.75, 3.05) is 13.1 Å². The monoisotopic (exact) mass is 382 g/mol. The molecule has 4 rings (SSSR count). The molecule has 2 aliphatic carbocycles. The second-order valence-corrected chi connectivity index (χ2v) is 8.37. The second kappa shape index (κ2) is 7.42. The van der Waals surface area contributed by atoms with Crippen molar-refractivity contribution >= 4 is 17.7 Å². The van der Waals surface area contributed by atoms with Crippen LogP contribution in [0.3, 0.4) is 0 Å². The van der Waals surface area contributed by atoms with Gasteiger partial charge in [-0.2, -0.15) is 5.26 Å². The number of fused-ring (bicyclic) bond motifs is 1. The summed E-state index contributed by atoms with van der Waals surface area (Å²) in [7, 11) is 0. The molecule has 2 atom stereocenters. The highest BCUT2D eigenvalue weighted by Crippen LogP contribution is 2.48. The molecule has 1 saturated heterocycles. The molecule has 2 aliphatic heterocycles. The van der Waals surface area contributed by atoms with E-state index in [2.05, 4.69) is 16.7 Å². The second-order valence-electron chi connectivity index (χ2n) is 8.37. The van der Waals surface area contributed by atoms with Crippen LogP contribution in [0.5, 0.6) is 0 Å². The zero-order valence-corrected chi connectivity index (χ0v) is 16.0. The number of hydrogen-bond acceptors (Lipinski definition) is 4. The normalized spacial score (nSPS) is 29.6. The van der Waals surface area contributed by atoms with Gasteiger partial charge in [0, 0.05) is 25.2 Å². The van der Waals surface area contributed by atoms with Crippen LogP contribution in [-0.4, -0.2) is 41.8 Å². The average Bonchev–Trinajstić information content (AvgIpc) is 3.25. The van der Waals surface area contributed by atoms with Crippen molar-refractivity contribution in [2.24, 2.45) is 11.3 Å². The Labute approximate surface area is 164 Å². The lowest BCUT2D eigenvalue weighted by molar-refractivity contribution is -0.146. The van der Waals surface area contributed by atoms with Crippen molar-refractivity contribution in [1.82, 2.24) is 15.5 Å². The molecule has 2 heterocycles. The Hall–Kier alpha value is -2.62. The molecule has 148 valence electrons. The van der Waals surface area contributed by atoms with E-state index in [1.807, 2.05) is 12.2 Å². The SMILES string of the molecule is N#C[C@@H]1C[C@@]2(CN1C(=O)C(=O)NCC1CCCCC1)C(=O)NC1=C2C=CCC1. The number of hydrogen-bond donors (Lipinski definition) is 2. The molecule has 4 aliphatic rings. The number of allylic oxidation sites excluding steroid dienone is 3. The van der Waals surface area contributed by atoms with Crippen LogP contribution < -0.4 is 10.6 Å². The van der Waals surface area contributed by atoms with Gasteiger partial charge in [0.25, 0.3) is 0 Å². The third-order valence-electron chi connectivity index (χ3n) is 6.62. The van der Waals surface area contributed by atoms with Gasteiger partial charge in [0.2, 0.25) is 5.91 Å². The number of nitriles is 1. The smallest absolute Gasteiger partial charge is 0.312 e. The van der Waals surface area contributed by atoms with Crippen LogP contribution >= 0.6 is 0 Å². The molecule has 0 aromatic carbocycles. The third-order valence-corrected chi connectivity index (χ3v) is 6.62. The largest absolute Gasteiger partial charge is 0.348 e. The van der Waals surface area contributed by atoms with Crippen molar-refractivity contribution in [3.63, 3.8) is 0 Å². The zero-order valence-electron chi connectivity index (χ0n) is 16.0. The summed E-state index contributed by atoms with van der Waals surface area (Å²) >= 11 is 0. The Morgan fingerprint density at radius 2 is 2.11 bits per heavy atom. The van der Waals surface area contributed by atoms with Crippen LogP contribution in [0.15, 0.2) is 23.4 Å². The first-order valence-corrected chi connectivity index (χ1v) is 10.3. The van der Waals surface area contributed by atoms with Gasteiger partial charge in [-0.15, -0.1) is 0 Å². The van der Waals surface area contributed by atoms with Crippen molar-refractivity contribution < 1.29 is 14.4 Å². The van der Waals surface area contributed by atoms with E-state index in [1.54, 1.807) is 0 Å². The molecular formula is C21H26N4O3. The fourth-order valence-electron chi connectivity index (χ4n) is 5.05. The number of likely N-dealkylation sites (tertiary alicyclic amines) is 1. The lowest BCUT2D eigenvalue weighted by atomic mass is 9.77. The van der Waals surface area contributed by atoms with Crippen molar-refractivity contribution in [3.05, 3.63) is 23.4 Å². The molecule has 0 aromatic heterocycles. The molecule has 1 spiro atoms. The van der Waals surface area contributed by atoms with E-state index in [9.17, 15) is 19.6 Å². The Kier molecular flexibility index (Phi) is 4.96. The highest BCUT2D eigenvalue weighted by Gasteiger charge is 2.57. The van der Waals surface area contributed by atoms with Crippen LogP contribution in [0.1, 0.15) is 51.4 Å². The fraction of sp³-hybridized carbons (Fsp3) is 0.619. The Morgan fingerprint density at radius 1 is 1.32 bits per heavy atom. The summed E-state index contributed by atoms with van der Waals surface area (Å²) < 4.78 is 0. The number of amides is 3. The highest BCUT2D eigenvalue weighted by molar-refractivity contribution is 6.35. The molecule has 7 nitrogen and oxygen atoms in total. The van der Waals surface area contributed by atoms with Gasteiger partial charge in [-0.3, -0.25) is 14.4 Å². The van der Waals surface area contributed by atoms with Gasteiger partial charge < -0.3 is 15.5 Å². The topological polar surface area (TPSA) is 102 Å². The number of carbonyl (C=O) groups excluding carboxylic acids is 3. The van der Waals surface area contributed by atoms with Gasteiger partial charge in [-0.1, -0.05) is 31.4 Å². The van der Waals surface area contributed by atoms with E-state index >= 15 is 0 Å². The van der Waals surface area contributed by atoms with Crippen molar-refractivity contribution in [1.29, 1.82) is 5.26 Å². The maximum atomic E-state index is 12.8. The van der Waals surface area contributed by atoms with E-state index in [4.69, 9.17) is 0 Å². The van der Waals surface area contributed by atoms with Gasteiger partial charge in [0.05, 0.1) is 11.5 Å². The molecule has 1 saturated carbocycles. The van der Waals surface area contributed by atoms with Gasteiger partial charge in [0.1, 0.15) is 6.04 Å². The Bertz CT molecular complexity index is 803. The third kappa shape index (κ3) is 3.11. The van der Waals surface area contributed by atoms with Crippen molar-refractivity contribution in [2.45, 2.75) is 57.4 Å². The Balaban J connectivity index is 1.47. The first-order valence-electron chi connectivity index (χ1n) is 10.3. The van der Waals surface area contributed by atoms with Crippen LogP contribution in [0, 0.1) is 22.7 Å². The first kappa shape index (κ1) is 18.7. The Morgan fingerprint density at radius 3 is 2.86 bits per heavy atom. The minimum absolute atomic E-state index is 0.0793. The number of rotatable bonds is 2. The van der Waals surface area contributed by atoms with Crippen molar-refractivity contribution in [3.8, 4) is 6.07 Å². The van der Waals surface area contributed by atoms with E-state index < -0.39 is 23.3 Å². The van der Waals surface area contributed by atoms with E-state index in [0.717, 1.165) is 37.0 Å². The predicted octanol–water partition coefficient (Wildman–Crippen LogP) is 1.53. The number of nitrogens with one attached hydrogen (secondary N) is 2. The maximum Gasteiger partial charge on any atom is 0.312 e. The molecule has 2 N–H and O–H groups in total. The number of carbonyl (C=O) groups is 3. The van der Waals surface area contributed by atoms with E-state index in [1.165, 1.54) is 24.2 Å². The van der Waals surface area contributed by atoms with Crippen LogP contribution in [0.4, 0.5) is 0 Å². The summed E-state index contributed by atoms with van der Waals surface area (Å²) in [6.45, 7) is 0.579. The number of nitrogens with zero attached hydrogens (tertiary/aromatic N) is 2. The summed E-state index contributed by atoms with van der Waals surface area (Å²) in [5.41, 5.74) is 0.855. The predicted molar refractivity (Wildman–Crippen MR) is 101 cm³/mol. The summed E-state index contributed by atoms with van der Waals surface area (Å²) in [6.07, 6.45) is 11.5. The summed E-state index contributed by atoms with van der Waals surface area (Å²) in [4.78, 5) is 39.3. The van der Waals surface area contributed by atoms with Gasteiger partial charge in [-0.25, -0.2) is 0 Å². The molecule has 0 bridgehead atoms. The molecule has 0 aromatic rings. The minimum atomic E-state index is -0.911. The standard InChI is InChI=1S/C21H26N4O3/c22-11-15-10-21(16-8-4-5-9-17(16)24-20(21)28)13-25(15)19(27)18(26)23-12-14-6-2-1-3-7-14/h4,8,14-15H,1-3,5-7,9-10,12-13H2,(H,23,26)(H,24,28)/t15-,21-/m0/s1. The molecule has 7 heteroatoms. The molecule has 2 fully saturated rings. The molecule has 0 radical (unpaired) electrons. The summed E-state index contributed by atoms with van der Waals surface area (Å²) in [5, 5.41) is 15.3. The highest BCUT2D eigenvalue weighted by atomic mass is 16.2. The van der Waals surface area contributed by atoms with Crippen LogP contribution in [-0.2, 0) is 14.4 Å². The molecule has 0 unspecified atom stereocenters. The van der Waals surface area contributed by atoms with Gasteiger partial charge in [-0.05, 0) is 37.2 Å². The average molecular weight is 382 g/mol. The molecule has 28 heavy (non-hydrogen) atoms. The minimum Gasteiger partial charge on any atom is -0.348 e. The molecular weight excluding hydrogens is 356 g/mol. The fourth-order valence-corrected chi connectivity index (χ4v) is 5.05. The van der Waals surface area contributed by atoms with Gasteiger partial charge in [0.15, 0.2) is 0 Å². The van der Waals surface area contributed by atoms with E-state index in [0.29, 0.717) is 12.5 Å². The molecule has 3 amide bonds. The van der Waals surface area contributed by atoms with E-state index in [-0.39, 0.29) is 18.9 Å². The maximum absolute atomic E-state index is 12.8. The summed E-state index contributed by atoms with van der Waals surface area (Å²) in [6, 6.07) is 1.34. The van der Waals surface area contributed by atoms with Crippen LogP contribution in [0.25, 0.3) is 0 Å². The first-order chi connectivity index (χ1) is 13.5. The lowest BCUT2D eigenvalue weighted by Crippen LogP contribution is -2.47. The van der Waals surface area contributed by atoms with Gasteiger partial charge >= 0.3 is 11.8 Å².